The van der Waals surface area contributed by atoms with Crippen molar-refractivity contribution in [1.82, 2.24) is 0 Å². The Bertz CT molecular complexity index is 1240. The SMILES string of the molecule is C=CC(=O)OCCCCCCOc1ccc(C(=O)OC2CCC(C(=O)Oc3ccc(C(=O)OC)c(C=O)c3)CC2)cc1. The molecular weight excluding hydrogens is 544 g/mol. The van der Waals surface area contributed by atoms with Crippen LogP contribution in [-0.4, -0.2) is 56.6 Å². The van der Waals surface area contributed by atoms with Gasteiger partial charge in [0, 0.05) is 11.6 Å². The molecule has 224 valence electrons. The normalized spacial score (nSPS) is 16.0. The molecule has 1 fully saturated rings. The zero-order chi connectivity index (χ0) is 30.3. The van der Waals surface area contributed by atoms with Gasteiger partial charge >= 0.3 is 23.9 Å². The fourth-order valence-corrected chi connectivity index (χ4v) is 4.50. The molecule has 0 aliphatic heterocycles. The van der Waals surface area contributed by atoms with Crippen LogP contribution in [0.15, 0.2) is 55.1 Å². The van der Waals surface area contributed by atoms with E-state index in [1.54, 1.807) is 24.3 Å². The van der Waals surface area contributed by atoms with E-state index >= 15 is 0 Å². The number of ether oxygens (including phenoxy) is 5. The van der Waals surface area contributed by atoms with Crippen molar-refractivity contribution in [3.05, 3.63) is 71.8 Å². The van der Waals surface area contributed by atoms with Gasteiger partial charge in [0.05, 0.1) is 37.4 Å². The van der Waals surface area contributed by atoms with Crippen LogP contribution < -0.4 is 9.47 Å². The van der Waals surface area contributed by atoms with Crippen LogP contribution in [-0.2, 0) is 23.8 Å². The number of hydrogen-bond donors (Lipinski definition) is 0. The van der Waals surface area contributed by atoms with Crippen LogP contribution in [0.5, 0.6) is 11.5 Å². The van der Waals surface area contributed by atoms with E-state index in [-0.39, 0.29) is 28.9 Å². The summed E-state index contributed by atoms with van der Waals surface area (Å²) >= 11 is 0. The standard InChI is InChI=1S/C32H36O10/c1-3-29(34)40-19-7-5-4-6-18-39-25-12-8-22(9-13-25)30(35)41-26-14-10-23(11-15-26)31(36)42-27-16-17-28(32(37)38-2)24(20-27)21-33/h3,8-9,12-13,16-17,20-21,23,26H,1,4-7,10-11,14-15,18-19H2,2H3. The van der Waals surface area contributed by atoms with Gasteiger partial charge in [0.15, 0.2) is 6.29 Å². The van der Waals surface area contributed by atoms with E-state index < -0.39 is 23.9 Å². The number of benzene rings is 2. The number of carbonyl (C=O) groups is 5. The van der Waals surface area contributed by atoms with E-state index in [0.717, 1.165) is 31.8 Å². The Morgan fingerprint density at radius 1 is 0.857 bits per heavy atom. The van der Waals surface area contributed by atoms with Crippen molar-refractivity contribution in [3.63, 3.8) is 0 Å². The molecule has 0 unspecified atom stereocenters. The minimum Gasteiger partial charge on any atom is -0.494 e. The molecule has 2 aromatic carbocycles. The Morgan fingerprint density at radius 3 is 2.17 bits per heavy atom. The maximum Gasteiger partial charge on any atom is 0.338 e. The van der Waals surface area contributed by atoms with Gasteiger partial charge in [-0.25, -0.2) is 14.4 Å². The maximum absolute atomic E-state index is 12.7. The summed E-state index contributed by atoms with van der Waals surface area (Å²) in [7, 11) is 1.21. The largest absolute Gasteiger partial charge is 0.494 e. The summed E-state index contributed by atoms with van der Waals surface area (Å²) in [5, 5.41) is 0. The smallest absolute Gasteiger partial charge is 0.338 e. The van der Waals surface area contributed by atoms with Crippen molar-refractivity contribution in [2.75, 3.05) is 20.3 Å². The first-order chi connectivity index (χ1) is 20.3. The molecule has 1 saturated carbocycles. The van der Waals surface area contributed by atoms with E-state index in [1.807, 2.05) is 0 Å². The summed E-state index contributed by atoms with van der Waals surface area (Å²) < 4.78 is 26.4. The van der Waals surface area contributed by atoms with Crippen molar-refractivity contribution in [3.8, 4) is 11.5 Å². The Morgan fingerprint density at radius 2 is 1.52 bits per heavy atom. The molecule has 0 saturated heterocycles. The van der Waals surface area contributed by atoms with Crippen LogP contribution in [0.3, 0.4) is 0 Å². The van der Waals surface area contributed by atoms with Gasteiger partial charge in [-0.2, -0.15) is 0 Å². The van der Waals surface area contributed by atoms with Crippen molar-refractivity contribution < 1.29 is 47.7 Å². The third-order valence-corrected chi connectivity index (χ3v) is 6.86. The molecule has 3 rings (SSSR count). The van der Waals surface area contributed by atoms with E-state index in [2.05, 4.69) is 11.3 Å². The molecule has 2 aromatic rings. The molecule has 1 aliphatic rings. The Hall–Kier alpha value is -4.47. The second-order valence-corrected chi connectivity index (χ2v) is 9.82. The zero-order valence-corrected chi connectivity index (χ0v) is 23.7. The second kappa shape index (κ2) is 16.7. The monoisotopic (exact) mass is 580 g/mol. The van der Waals surface area contributed by atoms with Crippen molar-refractivity contribution >= 4 is 30.2 Å². The van der Waals surface area contributed by atoms with Crippen molar-refractivity contribution in [2.45, 2.75) is 57.5 Å². The van der Waals surface area contributed by atoms with Gasteiger partial charge in [-0.05, 0) is 93.8 Å². The molecule has 0 atom stereocenters. The van der Waals surface area contributed by atoms with Gasteiger partial charge in [-0.3, -0.25) is 9.59 Å². The lowest BCUT2D eigenvalue weighted by molar-refractivity contribution is -0.140. The lowest BCUT2D eigenvalue weighted by atomic mass is 9.87. The molecule has 10 nitrogen and oxygen atoms in total. The average molecular weight is 581 g/mol. The average Bonchev–Trinajstić information content (AvgIpc) is 3.02. The maximum atomic E-state index is 12.7. The summed E-state index contributed by atoms with van der Waals surface area (Å²) in [4.78, 5) is 59.4. The van der Waals surface area contributed by atoms with Gasteiger partial charge in [-0.15, -0.1) is 0 Å². The van der Waals surface area contributed by atoms with Crippen LogP contribution in [0.25, 0.3) is 0 Å². The first-order valence-corrected chi connectivity index (χ1v) is 14.0. The van der Waals surface area contributed by atoms with E-state index in [1.165, 1.54) is 25.3 Å². The highest BCUT2D eigenvalue weighted by Crippen LogP contribution is 2.29. The number of aldehydes is 1. The third-order valence-electron chi connectivity index (χ3n) is 6.86. The highest BCUT2D eigenvalue weighted by molar-refractivity contribution is 5.98. The molecule has 0 heterocycles. The van der Waals surface area contributed by atoms with Gasteiger partial charge < -0.3 is 23.7 Å². The highest BCUT2D eigenvalue weighted by atomic mass is 16.5. The minimum atomic E-state index is -0.655. The Labute approximate surface area is 244 Å². The predicted octanol–water partition coefficient (Wildman–Crippen LogP) is 5.28. The number of methoxy groups -OCH3 is 1. The summed E-state index contributed by atoms with van der Waals surface area (Å²) in [6.45, 7) is 4.28. The van der Waals surface area contributed by atoms with Crippen molar-refractivity contribution in [2.24, 2.45) is 5.92 Å². The molecule has 10 heteroatoms. The topological polar surface area (TPSA) is 132 Å². The summed E-state index contributed by atoms with van der Waals surface area (Å²) in [6.07, 6.45) is 6.88. The molecule has 0 spiro atoms. The van der Waals surface area contributed by atoms with Gasteiger partial charge in [0.2, 0.25) is 0 Å². The summed E-state index contributed by atoms with van der Waals surface area (Å²) in [6, 6.07) is 10.9. The zero-order valence-electron chi connectivity index (χ0n) is 23.7. The van der Waals surface area contributed by atoms with Crippen LogP contribution in [0, 0.1) is 5.92 Å². The van der Waals surface area contributed by atoms with Crippen LogP contribution >= 0.6 is 0 Å². The second-order valence-electron chi connectivity index (χ2n) is 9.82. The van der Waals surface area contributed by atoms with Gasteiger partial charge in [0.1, 0.15) is 17.6 Å². The fourth-order valence-electron chi connectivity index (χ4n) is 4.50. The van der Waals surface area contributed by atoms with E-state index in [9.17, 15) is 24.0 Å². The lowest BCUT2D eigenvalue weighted by Crippen LogP contribution is -2.30. The molecule has 0 N–H and O–H groups in total. The van der Waals surface area contributed by atoms with Crippen LogP contribution in [0.1, 0.15) is 82.4 Å². The number of unbranched alkanes of at least 4 members (excludes halogenated alkanes) is 3. The molecule has 0 aromatic heterocycles. The lowest BCUT2D eigenvalue weighted by Gasteiger charge is -2.27. The van der Waals surface area contributed by atoms with Gasteiger partial charge in [-0.1, -0.05) is 6.58 Å². The minimum absolute atomic E-state index is 0.0693. The molecule has 1 aliphatic carbocycles. The Balaban J connectivity index is 1.35. The summed E-state index contributed by atoms with van der Waals surface area (Å²) in [5.74, 6) is -1.48. The molecule has 0 amide bonds. The predicted molar refractivity (Wildman–Crippen MR) is 152 cm³/mol. The van der Waals surface area contributed by atoms with Crippen LogP contribution in [0.2, 0.25) is 0 Å². The van der Waals surface area contributed by atoms with Crippen molar-refractivity contribution in [1.29, 1.82) is 0 Å². The number of rotatable bonds is 15. The van der Waals surface area contributed by atoms with E-state index in [4.69, 9.17) is 18.9 Å². The first-order valence-electron chi connectivity index (χ1n) is 14.0. The third kappa shape index (κ3) is 9.87. The van der Waals surface area contributed by atoms with E-state index in [0.29, 0.717) is 56.5 Å². The number of hydrogen-bond acceptors (Lipinski definition) is 10. The van der Waals surface area contributed by atoms with Gasteiger partial charge in [0.25, 0.3) is 0 Å². The van der Waals surface area contributed by atoms with Crippen LogP contribution in [0.4, 0.5) is 0 Å². The first kappa shape index (κ1) is 32.0. The highest BCUT2D eigenvalue weighted by Gasteiger charge is 2.30. The Kier molecular flexibility index (Phi) is 12.8. The number of carbonyl (C=O) groups excluding carboxylic acids is 5. The molecule has 0 radical (unpaired) electrons. The molecule has 42 heavy (non-hydrogen) atoms. The summed E-state index contributed by atoms with van der Waals surface area (Å²) in [5.41, 5.74) is 0.574. The number of esters is 4. The molecular formula is C32H36O10. The fraction of sp³-hybridized carbons (Fsp3) is 0.406. The quantitative estimate of drug-likeness (QED) is 0.0685. The molecule has 0 bridgehead atoms.